The van der Waals surface area contributed by atoms with Crippen LogP contribution in [-0.2, 0) is 0 Å². The highest BCUT2D eigenvalue weighted by Gasteiger charge is 2.19. The Balaban J connectivity index is 0.893. The summed E-state index contributed by atoms with van der Waals surface area (Å²) in [5.41, 5.74) is 13.6. The molecule has 0 unspecified atom stereocenters. The second-order valence-corrected chi connectivity index (χ2v) is 16.0. The molecule has 0 saturated carbocycles. The Kier molecular flexibility index (Phi) is 7.80. The molecule has 0 spiro atoms. The van der Waals surface area contributed by atoms with E-state index in [1.807, 2.05) is 66.7 Å². The number of fused-ring (bicyclic) bond motifs is 9. The van der Waals surface area contributed by atoms with Gasteiger partial charge in [0.2, 0.25) is 0 Å². The highest BCUT2D eigenvalue weighted by Crippen LogP contribution is 2.40. The number of rotatable bonds is 6. The highest BCUT2D eigenvalue weighted by atomic mass is 16.3. The molecular formula is C57H35N5O. The van der Waals surface area contributed by atoms with Crippen LogP contribution in [0.5, 0.6) is 0 Å². The van der Waals surface area contributed by atoms with Crippen molar-refractivity contribution in [3.8, 4) is 56.7 Å². The summed E-state index contributed by atoms with van der Waals surface area (Å²) in [7, 11) is 0. The van der Waals surface area contributed by atoms with E-state index in [0.717, 1.165) is 61.1 Å². The predicted molar refractivity (Wildman–Crippen MR) is 258 cm³/mol. The van der Waals surface area contributed by atoms with E-state index in [4.69, 9.17) is 19.4 Å². The molecule has 0 N–H and O–H groups in total. The molecule has 0 radical (unpaired) electrons. The fourth-order valence-corrected chi connectivity index (χ4v) is 9.40. The van der Waals surface area contributed by atoms with E-state index in [2.05, 4.69) is 155 Å². The second kappa shape index (κ2) is 14.0. The van der Waals surface area contributed by atoms with Crippen LogP contribution >= 0.6 is 0 Å². The van der Waals surface area contributed by atoms with Crippen LogP contribution in [0.2, 0.25) is 0 Å². The molecule has 0 fully saturated rings. The zero-order valence-corrected chi connectivity index (χ0v) is 33.9. The molecule has 4 heterocycles. The first kappa shape index (κ1) is 35.2. The summed E-state index contributed by atoms with van der Waals surface area (Å²) in [6.07, 6.45) is 0. The number of hydrogen-bond donors (Lipinski definition) is 0. The summed E-state index contributed by atoms with van der Waals surface area (Å²) >= 11 is 0. The summed E-state index contributed by atoms with van der Waals surface area (Å²) in [4.78, 5) is 14.8. The SMILES string of the molecule is c1ccc(-c2nc(-c3ccccc3)nc(-c3ccc4c(c3)oc3ccc(-c5ccc(-n6c7ccccc7c7cc8c9ccccc9n(-c9ccccc9)c8cc76)cc5)cc34)n2)cc1. The molecule has 6 nitrogen and oxygen atoms in total. The fourth-order valence-electron chi connectivity index (χ4n) is 9.40. The van der Waals surface area contributed by atoms with Crippen molar-refractivity contribution >= 4 is 65.6 Å². The van der Waals surface area contributed by atoms with Crippen LogP contribution in [0.1, 0.15) is 0 Å². The van der Waals surface area contributed by atoms with E-state index in [0.29, 0.717) is 17.5 Å². The van der Waals surface area contributed by atoms with Crippen LogP contribution in [0, 0.1) is 0 Å². The molecule has 0 atom stereocenters. The standard InChI is InChI=1S/C57H35N5O/c1-4-14-37(15-5-1)55-58-56(38-16-6-2-7-17-38)60-57(59-55)40-26-30-45-48-32-39(27-31-53(48)63-54(45)33-40)36-24-28-42(29-25-36)62-50-23-13-11-21-44(50)47-34-46-43-20-10-12-22-49(43)61(51(46)35-52(47)62)41-18-8-3-9-19-41/h1-35H. The summed E-state index contributed by atoms with van der Waals surface area (Å²) in [6, 6.07) is 74.6. The highest BCUT2D eigenvalue weighted by molar-refractivity contribution is 6.19. The molecule has 294 valence electrons. The number of nitrogens with zero attached hydrogens (tertiary/aromatic N) is 5. The van der Waals surface area contributed by atoms with E-state index < -0.39 is 0 Å². The molecule has 13 rings (SSSR count). The zero-order valence-electron chi connectivity index (χ0n) is 33.9. The average molecular weight is 806 g/mol. The first-order valence-electron chi connectivity index (χ1n) is 21.2. The van der Waals surface area contributed by atoms with Gasteiger partial charge in [-0.3, -0.25) is 0 Å². The molecule has 0 aliphatic carbocycles. The smallest absolute Gasteiger partial charge is 0.164 e. The second-order valence-electron chi connectivity index (χ2n) is 16.0. The van der Waals surface area contributed by atoms with Gasteiger partial charge in [0.1, 0.15) is 11.2 Å². The van der Waals surface area contributed by atoms with Crippen molar-refractivity contribution in [2.75, 3.05) is 0 Å². The van der Waals surface area contributed by atoms with Crippen molar-refractivity contribution < 1.29 is 4.42 Å². The number of benzene rings is 9. The minimum Gasteiger partial charge on any atom is -0.456 e. The minimum absolute atomic E-state index is 0.595. The average Bonchev–Trinajstić information content (AvgIpc) is 4.00. The van der Waals surface area contributed by atoms with Crippen molar-refractivity contribution in [3.63, 3.8) is 0 Å². The number of hydrogen-bond acceptors (Lipinski definition) is 4. The van der Waals surface area contributed by atoms with E-state index in [1.54, 1.807) is 0 Å². The van der Waals surface area contributed by atoms with Crippen LogP contribution in [0.3, 0.4) is 0 Å². The Bertz CT molecular complexity index is 3830. The first-order valence-corrected chi connectivity index (χ1v) is 21.2. The van der Waals surface area contributed by atoms with E-state index >= 15 is 0 Å². The third-order valence-electron chi connectivity index (χ3n) is 12.4. The molecule has 4 aromatic heterocycles. The lowest BCUT2D eigenvalue weighted by atomic mass is 10.0. The zero-order chi connectivity index (χ0) is 41.4. The Hall–Kier alpha value is -8.61. The van der Waals surface area contributed by atoms with Crippen molar-refractivity contribution in [2.45, 2.75) is 0 Å². The Labute approximate surface area is 361 Å². The first-order chi connectivity index (χ1) is 31.2. The van der Waals surface area contributed by atoms with Crippen molar-refractivity contribution in [3.05, 3.63) is 212 Å². The van der Waals surface area contributed by atoms with Crippen LogP contribution in [0.25, 0.3) is 122 Å². The quantitative estimate of drug-likeness (QED) is 0.168. The maximum Gasteiger partial charge on any atom is 0.164 e. The van der Waals surface area contributed by atoms with Gasteiger partial charge in [-0.15, -0.1) is 0 Å². The summed E-state index contributed by atoms with van der Waals surface area (Å²) in [5.74, 6) is 1.85. The van der Waals surface area contributed by atoms with E-state index in [1.165, 1.54) is 43.6 Å². The van der Waals surface area contributed by atoms with Gasteiger partial charge in [-0.1, -0.05) is 140 Å². The van der Waals surface area contributed by atoms with Crippen molar-refractivity contribution in [2.24, 2.45) is 0 Å². The molecule has 0 saturated heterocycles. The van der Waals surface area contributed by atoms with Gasteiger partial charge < -0.3 is 13.6 Å². The van der Waals surface area contributed by atoms with Crippen molar-refractivity contribution in [1.82, 2.24) is 24.1 Å². The molecule has 6 heteroatoms. The molecule has 0 bridgehead atoms. The van der Waals surface area contributed by atoms with Gasteiger partial charge in [0.05, 0.1) is 22.1 Å². The van der Waals surface area contributed by atoms with Crippen LogP contribution in [0.4, 0.5) is 0 Å². The van der Waals surface area contributed by atoms with Gasteiger partial charge in [-0.25, -0.2) is 15.0 Å². The Morgan fingerprint density at radius 2 is 0.762 bits per heavy atom. The van der Waals surface area contributed by atoms with Gasteiger partial charge >= 0.3 is 0 Å². The lowest BCUT2D eigenvalue weighted by molar-refractivity contribution is 0.669. The number of furan rings is 1. The normalized spacial score (nSPS) is 11.8. The molecule has 13 aromatic rings. The fraction of sp³-hybridized carbons (Fsp3) is 0. The molecule has 0 amide bonds. The predicted octanol–water partition coefficient (Wildman–Crippen LogP) is 14.6. The third-order valence-corrected chi connectivity index (χ3v) is 12.4. The maximum absolute atomic E-state index is 6.50. The van der Waals surface area contributed by atoms with Gasteiger partial charge in [-0.2, -0.15) is 0 Å². The monoisotopic (exact) mass is 805 g/mol. The molecule has 9 aromatic carbocycles. The lowest BCUT2D eigenvalue weighted by Gasteiger charge is -2.11. The number of para-hydroxylation sites is 3. The summed E-state index contributed by atoms with van der Waals surface area (Å²) in [5, 5.41) is 7.07. The molecular weight excluding hydrogens is 771 g/mol. The molecule has 0 aliphatic heterocycles. The van der Waals surface area contributed by atoms with E-state index in [-0.39, 0.29) is 0 Å². The number of aromatic nitrogens is 5. The minimum atomic E-state index is 0.595. The van der Waals surface area contributed by atoms with Gasteiger partial charge in [0, 0.05) is 60.4 Å². The lowest BCUT2D eigenvalue weighted by Crippen LogP contribution is -2.00. The topological polar surface area (TPSA) is 61.7 Å². The maximum atomic E-state index is 6.50. The Morgan fingerprint density at radius 3 is 1.37 bits per heavy atom. The molecule has 0 aliphatic rings. The molecule has 63 heavy (non-hydrogen) atoms. The van der Waals surface area contributed by atoms with Gasteiger partial charge in [0.15, 0.2) is 17.5 Å². The van der Waals surface area contributed by atoms with Crippen LogP contribution < -0.4 is 0 Å². The summed E-state index contributed by atoms with van der Waals surface area (Å²) in [6.45, 7) is 0. The van der Waals surface area contributed by atoms with Gasteiger partial charge in [-0.05, 0) is 83.9 Å². The third kappa shape index (κ3) is 5.69. The van der Waals surface area contributed by atoms with Crippen LogP contribution in [-0.4, -0.2) is 24.1 Å². The van der Waals surface area contributed by atoms with Crippen LogP contribution in [0.15, 0.2) is 217 Å². The van der Waals surface area contributed by atoms with E-state index in [9.17, 15) is 0 Å². The largest absolute Gasteiger partial charge is 0.456 e. The van der Waals surface area contributed by atoms with Crippen molar-refractivity contribution in [1.29, 1.82) is 0 Å². The van der Waals surface area contributed by atoms with Gasteiger partial charge in [0.25, 0.3) is 0 Å². The Morgan fingerprint density at radius 1 is 0.270 bits per heavy atom. The summed E-state index contributed by atoms with van der Waals surface area (Å²) < 4.78 is 11.3.